The summed E-state index contributed by atoms with van der Waals surface area (Å²) in [5.41, 5.74) is -2.13. The average molecular weight is 306 g/mol. The van der Waals surface area contributed by atoms with Crippen molar-refractivity contribution in [1.29, 1.82) is 0 Å². The second-order valence-corrected chi connectivity index (χ2v) is 4.31. The van der Waals surface area contributed by atoms with E-state index in [2.05, 4.69) is 0 Å². The van der Waals surface area contributed by atoms with Gasteiger partial charge >= 0.3 is 6.18 Å². The molecule has 0 aromatic heterocycles. The van der Waals surface area contributed by atoms with E-state index >= 15 is 0 Å². The lowest BCUT2D eigenvalue weighted by molar-refractivity contribution is -0.140. The van der Waals surface area contributed by atoms with Crippen molar-refractivity contribution < 1.29 is 31.4 Å². The van der Waals surface area contributed by atoms with Gasteiger partial charge in [-0.15, -0.1) is 0 Å². The molecule has 0 aliphatic heterocycles. The van der Waals surface area contributed by atoms with Crippen molar-refractivity contribution in [3.05, 3.63) is 70.5 Å². The second-order valence-electron chi connectivity index (χ2n) is 4.31. The zero-order chi connectivity index (χ0) is 15.8. The minimum absolute atomic E-state index is 0.272. The zero-order valence-electron chi connectivity index (χ0n) is 10.3. The molecule has 1 atom stereocenters. The summed E-state index contributed by atoms with van der Waals surface area (Å²) in [5, 5.41) is 9.87. The van der Waals surface area contributed by atoms with Crippen LogP contribution in [0.5, 0.6) is 0 Å². The van der Waals surface area contributed by atoms with Crippen LogP contribution >= 0.6 is 0 Å². The maximum Gasteiger partial charge on any atom is 0.419 e. The molecule has 0 radical (unpaired) electrons. The molecule has 0 spiro atoms. The van der Waals surface area contributed by atoms with E-state index in [1.165, 1.54) is 0 Å². The van der Waals surface area contributed by atoms with E-state index in [9.17, 15) is 31.4 Å². The van der Waals surface area contributed by atoms with Gasteiger partial charge in [0.15, 0.2) is 0 Å². The first-order chi connectivity index (χ1) is 9.70. The highest BCUT2D eigenvalue weighted by atomic mass is 19.4. The molecule has 0 aliphatic rings. The van der Waals surface area contributed by atoms with Crippen molar-refractivity contribution in [2.75, 3.05) is 0 Å². The minimum Gasteiger partial charge on any atom is -0.384 e. The molecular weight excluding hydrogens is 298 g/mol. The van der Waals surface area contributed by atoms with Gasteiger partial charge < -0.3 is 5.11 Å². The van der Waals surface area contributed by atoms with Crippen molar-refractivity contribution >= 4 is 0 Å². The van der Waals surface area contributed by atoms with Crippen LogP contribution in [0.4, 0.5) is 26.3 Å². The van der Waals surface area contributed by atoms with E-state index in [0.717, 1.165) is 18.2 Å². The monoisotopic (exact) mass is 306 g/mol. The summed E-state index contributed by atoms with van der Waals surface area (Å²) >= 11 is 0. The fourth-order valence-electron chi connectivity index (χ4n) is 1.83. The first kappa shape index (κ1) is 15.4. The van der Waals surface area contributed by atoms with E-state index < -0.39 is 35.3 Å². The zero-order valence-corrected chi connectivity index (χ0v) is 10.3. The summed E-state index contributed by atoms with van der Waals surface area (Å²) in [6.45, 7) is 0. The topological polar surface area (TPSA) is 20.2 Å². The lowest BCUT2D eigenvalue weighted by Crippen LogP contribution is -2.10. The Morgan fingerprint density at radius 1 is 0.857 bits per heavy atom. The quantitative estimate of drug-likeness (QED) is 0.824. The molecule has 0 saturated heterocycles. The van der Waals surface area contributed by atoms with Gasteiger partial charge in [-0.3, -0.25) is 0 Å². The second kappa shape index (κ2) is 5.40. The third kappa shape index (κ3) is 3.18. The first-order valence-electron chi connectivity index (χ1n) is 5.70. The number of halogens is 6. The predicted molar refractivity (Wildman–Crippen MR) is 61.8 cm³/mol. The molecule has 0 aliphatic carbocycles. The Labute approximate surface area is 115 Å². The van der Waals surface area contributed by atoms with Gasteiger partial charge in [-0.2, -0.15) is 13.2 Å². The third-order valence-corrected chi connectivity index (χ3v) is 2.87. The van der Waals surface area contributed by atoms with Crippen molar-refractivity contribution in [2.45, 2.75) is 12.3 Å². The highest BCUT2D eigenvalue weighted by Crippen LogP contribution is 2.33. The number of benzene rings is 2. The Bertz CT molecular complexity index is 665. The van der Waals surface area contributed by atoms with E-state index in [4.69, 9.17) is 0 Å². The van der Waals surface area contributed by atoms with Gasteiger partial charge in [0.05, 0.1) is 5.56 Å². The largest absolute Gasteiger partial charge is 0.419 e. The molecule has 1 nitrogen and oxygen atoms in total. The molecule has 2 aromatic carbocycles. The predicted octanol–water partition coefficient (Wildman–Crippen LogP) is 4.20. The summed E-state index contributed by atoms with van der Waals surface area (Å²) < 4.78 is 76.9. The van der Waals surface area contributed by atoms with Crippen LogP contribution < -0.4 is 0 Å². The van der Waals surface area contributed by atoms with Crippen molar-refractivity contribution in [1.82, 2.24) is 0 Å². The lowest BCUT2D eigenvalue weighted by atomic mass is 9.99. The number of alkyl halides is 3. The van der Waals surface area contributed by atoms with Gasteiger partial charge in [-0.05, 0) is 23.8 Å². The number of hydrogen-bond donors (Lipinski definition) is 1. The van der Waals surface area contributed by atoms with Crippen LogP contribution in [0.1, 0.15) is 22.8 Å². The maximum atomic E-state index is 13.5. The molecule has 7 heteroatoms. The van der Waals surface area contributed by atoms with Crippen molar-refractivity contribution in [2.24, 2.45) is 0 Å². The summed E-state index contributed by atoms with van der Waals surface area (Å²) in [4.78, 5) is 0. The van der Waals surface area contributed by atoms with Gasteiger partial charge in [0.1, 0.15) is 23.6 Å². The van der Waals surface area contributed by atoms with Gasteiger partial charge in [-0.1, -0.05) is 12.1 Å². The molecule has 0 saturated carbocycles. The Balaban J connectivity index is 2.40. The van der Waals surface area contributed by atoms with E-state index in [1.807, 2.05) is 0 Å². The molecular formula is C14H8F6O. The number of aliphatic hydroxyl groups is 1. The molecule has 1 N–H and O–H groups in total. The molecule has 21 heavy (non-hydrogen) atoms. The van der Waals surface area contributed by atoms with E-state index in [1.54, 1.807) is 0 Å². The van der Waals surface area contributed by atoms with Crippen LogP contribution in [-0.2, 0) is 6.18 Å². The van der Waals surface area contributed by atoms with Crippen LogP contribution in [0.2, 0.25) is 0 Å². The normalized spacial score (nSPS) is 13.3. The summed E-state index contributed by atoms with van der Waals surface area (Å²) in [7, 11) is 0. The van der Waals surface area contributed by atoms with E-state index in [0.29, 0.717) is 18.2 Å². The highest BCUT2D eigenvalue weighted by molar-refractivity contribution is 5.34. The fraction of sp³-hybridized carbons (Fsp3) is 0.143. The summed E-state index contributed by atoms with van der Waals surface area (Å²) in [5.74, 6) is -3.54. The molecule has 0 bridgehead atoms. The smallest absolute Gasteiger partial charge is 0.384 e. The summed E-state index contributed by atoms with van der Waals surface area (Å²) in [6.07, 6.45) is -6.57. The van der Waals surface area contributed by atoms with Crippen molar-refractivity contribution in [3.63, 3.8) is 0 Å². The van der Waals surface area contributed by atoms with Crippen LogP contribution in [0.25, 0.3) is 0 Å². The average Bonchev–Trinajstić information content (AvgIpc) is 2.36. The molecule has 0 amide bonds. The van der Waals surface area contributed by atoms with E-state index in [-0.39, 0.29) is 11.1 Å². The lowest BCUT2D eigenvalue weighted by Gasteiger charge is -2.14. The van der Waals surface area contributed by atoms with Gasteiger partial charge in [0.2, 0.25) is 0 Å². The van der Waals surface area contributed by atoms with Crippen LogP contribution in [0.15, 0.2) is 36.4 Å². The maximum absolute atomic E-state index is 13.5. The standard InChI is InChI=1S/C14H8F6O/c15-8-2-3-9(11(16)6-8)13(21)7-1-4-10(12(17)5-7)14(18,19)20/h1-6,13,21H. The molecule has 2 aromatic rings. The van der Waals surface area contributed by atoms with Crippen molar-refractivity contribution in [3.8, 4) is 0 Å². The molecule has 2 rings (SSSR count). The fourth-order valence-corrected chi connectivity index (χ4v) is 1.83. The SMILES string of the molecule is OC(c1ccc(C(F)(F)F)c(F)c1)c1ccc(F)cc1F. The molecule has 112 valence electrons. The van der Waals surface area contributed by atoms with Gasteiger partial charge in [-0.25, -0.2) is 13.2 Å². The molecule has 0 heterocycles. The number of hydrogen-bond acceptors (Lipinski definition) is 1. The first-order valence-corrected chi connectivity index (χ1v) is 5.70. The minimum atomic E-state index is -4.87. The Kier molecular flexibility index (Phi) is 3.95. The van der Waals surface area contributed by atoms with Crippen LogP contribution in [-0.4, -0.2) is 5.11 Å². The number of aliphatic hydroxyl groups excluding tert-OH is 1. The highest BCUT2D eigenvalue weighted by Gasteiger charge is 2.34. The summed E-state index contributed by atoms with van der Waals surface area (Å²) in [6, 6.07) is 4.08. The van der Waals surface area contributed by atoms with Crippen LogP contribution in [0, 0.1) is 17.5 Å². The van der Waals surface area contributed by atoms with Gasteiger partial charge in [0.25, 0.3) is 0 Å². The van der Waals surface area contributed by atoms with Crippen LogP contribution in [0.3, 0.4) is 0 Å². The Hall–Kier alpha value is -2.02. The third-order valence-electron chi connectivity index (χ3n) is 2.87. The number of rotatable bonds is 2. The molecule has 1 unspecified atom stereocenters. The molecule has 0 fully saturated rings. The Morgan fingerprint density at radius 3 is 2.05 bits per heavy atom. The Morgan fingerprint density at radius 2 is 1.52 bits per heavy atom. The van der Waals surface area contributed by atoms with Gasteiger partial charge in [0, 0.05) is 11.6 Å².